The molecule has 0 amide bonds. The van der Waals surface area contributed by atoms with Gasteiger partial charge >= 0.3 is 5.69 Å². The van der Waals surface area contributed by atoms with E-state index in [-0.39, 0.29) is 5.69 Å². The Labute approximate surface area is 115 Å². The van der Waals surface area contributed by atoms with E-state index in [1.807, 2.05) is 0 Å². The smallest absolute Gasteiger partial charge is 0.328 e. The van der Waals surface area contributed by atoms with Crippen molar-refractivity contribution in [2.75, 3.05) is 19.1 Å². The normalized spacial score (nSPS) is 10.2. The summed E-state index contributed by atoms with van der Waals surface area (Å²) < 4.78 is 18.7. The molecule has 0 N–H and O–H groups in total. The van der Waals surface area contributed by atoms with Gasteiger partial charge in [0.05, 0.1) is 12.0 Å². The number of hydrogen-bond acceptors (Lipinski definition) is 4. The van der Waals surface area contributed by atoms with E-state index in [9.17, 15) is 14.5 Å². The highest BCUT2D eigenvalue weighted by molar-refractivity contribution is 5.72. The second-order valence-corrected chi connectivity index (χ2v) is 4.12. The minimum Gasteiger partial charge on any atom is -0.497 e. The number of methoxy groups -OCH3 is 1. The Morgan fingerprint density at radius 3 is 2.40 bits per heavy atom. The van der Waals surface area contributed by atoms with Crippen molar-refractivity contribution in [3.05, 3.63) is 58.4 Å². The molecule has 0 unspecified atom stereocenters. The number of benzene rings is 2. The Morgan fingerprint density at radius 1 is 1.20 bits per heavy atom. The first-order valence-corrected chi connectivity index (χ1v) is 5.85. The maximum Gasteiger partial charge on any atom is 0.328 e. The second kappa shape index (κ2) is 5.56. The molecule has 0 radical (unpaired) electrons. The van der Waals surface area contributed by atoms with E-state index in [2.05, 4.69) is 0 Å². The summed E-state index contributed by atoms with van der Waals surface area (Å²) in [4.78, 5) is 11.8. The molecule has 0 bridgehead atoms. The Bertz CT molecular complexity index is 629. The minimum atomic E-state index is -0.854. The number of halogens is 1. The summed E-state index contributed by atoms with van der Waals surface area (Å²) in [5.41, 5.74) is 0.352. The van der Waals surface area contributed by atoms with E-state index < -0.39 is 16.4 Å². The highest BCUT2D eigenvalue weighted by Crippen LogP contribution is 2.34. The zero-order valence-corrected chi connectivity index (χ0v) is 11.0. The van der Waals surface area contributed by atoms with E-state index in [0.717, 1.165) is 6.07 Å². The first-order chi connectivity index (χ1) is 9.54. The Hall–Kier alpha value is -2.63. The SMILES string of the molecule is COc1ccc(N(C)c2cccc(F)c2[N+](=O)[O-])cc1. The van der Waals surface area contributed by atoms with Crippen LogP contribution in [0.2, 0.25) is 0 Å². The molecule has 0 heterocycles. The number of anilines is 2. The predicted octanol–water partition coefficient (Wildman–Crippen LogP) is 3.51. The first kappa shape index (κ1) is 13.8. The summed E-state index contributed by atoms with van der Waals surface area (Å²) in [5, 5.41) is 11.0. The summed E-state index contributed by atoms with van der Waals surface area (Å²) in [6.07, 6.45) is 0. The maximum absolute atomic E-state index is 13.6. The van der Waals surface area contributed by atoms with E-state index in [4.69, 9.17) is 4.74 Å². The van der Waals surface area contributed by atoms with Crippen LogP contribution in [0.1, 0.15) is 0 Å². The number of rotatable bonds is 4. The molecule has 0 aromatic heterocycles. The number of nitro benzene ring substituents is 1. The maximum atomic E-state index is 13.6. The molecular formula is C14H13FN2O3. The van der Waals surface area contributed by atoms with Crippen molar-refractivity contribution in [1.29, 1.82) is 0 Å². The third-order valence-corrected chi connectivity index (χ3v) is 2.97. The number of nitrogens with zero attached hydrogens (tertiary/aromatic N) is 2. The number of para-hydroxylation sites is 1. The molecule has 0 saturated heterocycles. The molecule has 0 spiro atoms. The lowest BCUT2D eigenvalue weighted by molar-refractivity contribution is -0.386. The molecule has 20 heavy (non-hydrogen) atoms. The molecule has 0 aliphatic heterocycles. The average molecular weight is 276 g/mol. The van der Waals surface area contributed by atoms with Crippen molar-refractivity contribution in [1.82, 2.24) is 0 Å². The van der Waals surface area contributed by atoms with Crippen LogP contribution in [0.4, 0.5) is 21.5 Å². The zero-order valence-electron chi connectivity index (χ0n) is 11.0. The van der Waals surface area contributed by atoms with Gasteiger partial charge in [-0.05, 0) is 36.4 Å². The molecular weight excluding hydrogens is 263 g/mol. The minimum absolute atomic E-state index is 0.195. The molecule has 2 rings (SSSR count). The van der Waals surface area contributed by atoms with Crippen LogP contribution in [0, 0.1) is 15.9 Å². The molecule has 2 aromatic carbocycles. The predicted molar refractivity (Wildman–Crippen MR) is 74.1 cm³/mol. The van der Waals surface area contributed by atoms with Gasteiger partial charge in [0.2, 0.25) is 5.82 Å². The molecule has 2 aromatic rings. The van der Waals surface area contributed by atoms with Gasteiger partial charge < -0.3 is 9.64 Å². The highest BCUT2D eigenvalue weighted by Gasteiger charge is 2.23. The van der Waals surface area contributed by atoms with Gasteiger partial charge in [0, 0.05) is 12.7 Å². The molecule has 0 aliphatic rings. The van der Waals surface area contributed by atoms with Gasteiger partial charge in [0.25, 0.3) is 0 Å². The Balaban J connectivity index is 2.44. The third kappa shape index (κ3) is 2.54. The molecule has 6 heteroatoms. The van der Waals surface area contributed by atoms with Crippen LogP contribution >= 0.6 is 0 Å². The lowest BCUT2D eigenvalue weighted by Gasteiger charge is -2.19. The highest BCUT2D eigenvalue weighted by atomic mass is 19.1. The molecule has 0 atom stereocenters. The lowest BCUT2D eigenvalue weighted by Crippen LogP contribution is -2.12. The van der Waals surface area contributed by atoms with Crippen molar-refractivity contribution >= 4 is 17.1 Å². The summed E-state index contributed by atoms with van der Waals surface area (Å²) in [6, 6.07) is 11.0. The number of nitro groups is 1. The second-order valence-electron chi connectivity index (χ2n) is 4.12. The quantitative estimate of drug-likeness (QED) is 0.633. The molecule has 0 saturated carbocycles. The van der Waals surface area contributed by atoms with E-state index in [0.29, 0.717) is 11.4 Å². The summed E-state index contributed by atoms with van der Waals surface area (Å²) in [5.74, 6) is -0.177. The molecule has 104 valence electrons. The van der Waals surface area contributed by atoms with Crippen LogP contribution in [0.25, 0.3) is 0 Å². The summed E-state index contributed by atoms with van der Waals surface area (Å²) in [7, 11) is 3.19. The molecule has 5 nitrogen and oxygen atoms in total. The summed E-state index contributed by atoms with van der Waals surface area (Å²) in [6.45, 7) is 0. The van der Waals surface area contributed by atoms with Crippen LogP contribution in [0.15, 0.2) is 42.5 Å². The summed E-state index contributed by atoms with van der Waals surface area (Å²) >= 11 is 0. The molecule has 0 aliphatic carbocycles. The van der Waals surface area contributed by atoms with Crippen molar-refractivity contribution in [2.45, 2.75) is 0 Å². The van der Waals surface area contributed by atoms with Gasteiger partial charge in [-0.25, -0.2) is 0 Å². The number of ether oxygens (including phenoxy) is 1. The fourth-order valence-electron chi connectivity index (χ4n) is 1.90. The lowest BCUT2D eigenvalue weighted by atomic mass is 10.2. The van der Waals surface area contributed by atoms with E-state index in [1.165, 1.54) is 12.1 Å². The van der Waals surface area contributed by atoms with Crippen molar-refractivity contribution < 1.29 is 14.1 Å². The average Bonchev–Trinajstić information content (AvgIpc) is 2.46. The van der Waals surface area contributed by atoms with Crippen LogP contribution in [-0.2, 0) is 0 Å². The molecule has 0 fully saturated rings. The van der Waals surface area contributed by atoms with Gasteiger partial charge in [-0.2, -0.15) is 4.39 Å². The largest absolute Gasteiger partial charge is 0.497 e. The Morgan fingerprint density at radius 2 is 1.85 bits per heavy atom. The topological polar surface area (TPSA) is 55.6 Å². The van der Waals surface area contributed by atoms with Gasteiger partial charge in [0.1, 0.15) is 11.4 Å². The van der Waals surface area contributed by atoms with Gasteiger partial charge in [-0.1, -0.05) is 6.07 Å². The zero-order chi connectivity index (χ0) is 14.7. The van der Waals surface area contributed by atoms with E-state index in [1.54, 1.807) is 43.3 Å². The monoisotopic (exact) mass is 276 g/mol. The third-order valence-electron chi connectivity index (χ3n) is 2.97. The standard InChI is InChI=1S/C14H13FN2O3/c1-16(10-6-8-11(20-2)9-7-10)13-5-3-4-12(15)14(13)17(18)19/h3-9H,1-2H3. The van der Waals surface area contributed by atoms with Gasteiger partial charge in [-0.3, -0.25) is 10.1 Å². The van der Waals surface area contributed by atoms with Crippen LogP contribution in [0.3, 0.4) is 0 Å². The fourth-order valence-corrected chi connectivity index (χ4v) is 1.90. The number of hydrogen-bond donors (Lipinski definition) is 0. The van der Waals surface area contributed by atoms with Crippen LogP contribution in [0.5, 0.6) is 5.75 Å². The van der Waals surface area contributed by atoms with Gasteiger partial charge in [-0.15, -0.1) is 0 Å². The van der Waals surface area contributed by atoms with Crippen LogP contribution in [-0.4, -0.2) is 19.1 Å². The van der Waals surface area contributed by atoms with Crippen molar-refractivity contribution in [3.8, 4) is 5.75 Å². The van der Waals surface area contributed by atoms with Crippen molar-refractivity contribution in [3.63, 3.8) is 0 Å². The van der Waals surface area contributed by atoms with Crippen molar-refractivity contribution in [2.24, 2.45) is 0 Å². The first-order valence-electron chi connectivity index (χ1n) is 5.85. The fraction of sp³-hybridized carbons (Fsp3) is 0.143. The van der Waals surface area contributed by atoms with Crippen LogP contribution < -0.4 is 9.64 Å². The van der Waals surface area contributed by atoms with E-state index >= 15 is 0 Å². The van der Waals surface area contributed by atoms with Gasteiger partial charge in [0.15, 0.2) is 0 Å². The Kier molecular flexibility index (Phi) is 3.84.